The summed E-state index contributed by atoms with van der Waals surface area (Å²) in [5.74, 6) is 2.28. The number of hydrogen-bond donors (Lipinski definition) is 0. The Kier molecular flexibility index (Phi) is 1.48. The minimum atomic E-state index is 0.906. The molecule has 58 valence electrons. The Morgan fingerprint density at radius 1 is 1.00 bits per heavy atom. The molecule has 0 aromatic heterocycles. The zero-order valence-corrected chi connectivity index (χ0v) is 7.01. The standard InChI is InChI=1S/C9H17N/c1-10(2)9-4-3-7-5-8(7)6-9/h7-9H,3-6H2,1-2H3. The SMILES string of the molecule is CN(C)C1CCC2CC2C1. The third-order valence-corrected chi connectivity index (χ3v) is 3.24. The fourth-order valence-corrected chi connectivity index (χ4v) is 2.30. The molecule has 0 aliphatic heterocycles. The van der Waals surface area contributed by atoms with Crippen LogP contribution in [0.3, 0.4) is 0 Å². The zero-order chi connectivity index (χ0) is 7.14. The van der Waals surface area contributed by atoms with Gasteiger partial charge in [0.2, 0.25) is 0 Å². The van der Waals surface area contributed by atoms with Gasteiger partial charge in [-0.15, -0.1) is 0 Å². The summed E-state index contributed by atoms with van der Waals surface area (Å²) < 4.78 is 0. The predicted molar refractivity (Wildman–Crippen MR) is 42.9 cm³/mol. The molecular formula is C9H17N. The summed E-state index contributed by atoms with van der Waals surface area (Å²) in [6, 6.07) is 0.906. The maximum absolute atomic E-state index is 2.40. The van der Waals surface area contributed by atoms with E-state index in [9.17, 15) is 0 Å². The van der Waals surface area contributed by atoms with Crippen molar-refractivity contribution < 1.29 is 0 Å². The molecule has 2 saturated carbocycles. The van der Waals surface area contributed by atoms with Crippen LogP contribution in [0, 0.1) is 11.8 Å². The highest BCUT2D eigenvalue weighted by Crippen LogP contribution is 2.50. The quantitative estimate of drug-likeness (QED) is 0.535. The molecule has 0 spiro atoms. The molecule has 0 aromatic carbocycles. The maximum Gasteiger partial charge on any atom is 0.00920 e. The zero-order valence-electron chi connectivity index (χ0n) is 7.01. The molecule has 0 bridgehead atoms. The average Bonchev–Trinajstić information content (AvgIpc) is 2.63. The number of hydrogen-bond acceptors (Lipinski definition) is 1. The van der Waals surface area contributed by atoms with Crippen molar-refractivity contribution in [3.8, 4) is 0 Å². The van der Waals surface area contributed by atoms with Gasteiger partial charge in [0, 0.05) is 6.04 Å². The van der Waals surface area contributed by atoms with E-state index in [4.69, 9.17) is 0 Å². The lowest BCUT2D eigenvalue weighted by Crippen LogP contribution is -2.30. The third kappa shape index (κ3) is 1.07. The second-order valence-electron chi connectivity index (χ2n) is 4.19. The van der Waals surface area contributed by atoms with Gasteiger partial charge in [-0.05, 0) is 51.6 Å². The molecule has 2 aliphatic rings. The van der Waals surface area contributed by atoms with E-state index in [2.05, 4.69) is 19.0 Å². The summed E-state index contributed by atoms with van der Waals surface area (Å²) in [4.78, 5) is 2.40. The Morgan fingerprint density at radius 2 is 1.80 bits per heavy atom. The molecule has 1 heteroatoms. The van der Waals surface area contributed by atoms with Gasteiger partial charge in [0.15, 0.2) is 0 Å². The van der Waals surface area contributed by atoms with Crippen LogP contribution in [-0.2, 0) is 0 Å². The number of rotatable bonds is 1. The molecule has 2 fully saturated rings. The summed E-state index contributed by atoms with van der Waals surface area (Å²) in [7, 11) is 4.43. The average molecular weight is 139 g/mol. The molecule has 0 N–H and O–H groups in total. The van der Waals surface area contributed by atoms with Crippen molar-refractivity contribution in [3.05, 3.63) is 0 Å². The molecule has 0 aromatic rings. The first-order valence-corrected chi connectivity index (χ1v) is 4.44. The van der Waals surface area contributed by atoms with E-state index in [0.717, 1.165) is 17.9 Å². The molecule has 0 heterocycles. The Labute approximate surface area is 63.4 Å². The number of nitrogens with zero attached hydrogens (tertiary/aromatic N) is 1. The molecule has 2 rings (SSSR count). The van der Waals surface area contributed by atoms with Crippen LogP contribution in [0.4, 0.5) is 0 Å². The minimum Gasteiger partial charge on any atom is -0.306 e. The lowest BCUT2D eigenvalue weighted by atomic mass is 9.95. The molecule has 0 amide bonds. The van der Waals surface area contributed by atoms with Crippen LogP contribution in [0.1, 0.15) is 25.7 Å². The van der Waals surface area contributed by atoms with Gasteiger partial charge < -0.3 is 4.90 Å². The Balaban J connectivity index is 1.88. The van der Waals surface area contributed by atoms with E-state index in [0.29, 0.717) is 0 Å². The summed E-state index contributed by atoms with van der Waals surface area (Å²) in [5, 5.41) is 0. The number of fused-ring (bicyclic) bond motifs is 1. The first-order valence-electron chi connectivity index (χ1n) is 4.44. The second-order valence-corrected chi connectivity index (χ2v) is 4.19. The van der Waals surface area contributed by atoms with Crippen molar-refractivity contribution in [2.75, 3.05) is 14.1 Å². The van der Waals surface area contributed by atoms with Gasteiger partial charge in [-0.1, -0.05) is 0 Å². The van der Waals surface area contributed by atoms with Crippen molar-refractivity contribution >= 4 is 0 Å². The van der Waals surface area contributed by atoms with Crippen molar-refractivity contribution in [1.29, 1.82) is 0 Å². The van der Waals surface area contributed by atoms with Crippen LogP contribution >= 0.6 is 0 Å². The summed E-state index contributed by atoms with van der Waals surface area (Å²) in [6.07, 6.45) is 5.99. The van der Waals surface area contributed by atoms with Crippen molar-refractivity contribution in [2.24, 2.45) is 11.8 Å². The van der Waals surface area contributed by atoms with Gasteiger partial charge in [0.25, 0.3) is 0 Å². The van der Waals surface area contributed by atoms with E-state index >= 15 is 0 Å². The minimum absolute atomic E-state index is 0.906. The largest absolute Gasteiger partial charge is 0.306 e. The third-order valence-electron chi connectivity index (χ3n) is 3.24. The van der Waals surface area contributed by atoms with Gasteiger partial charge in [0.1, 0.15) is 0 Å². The van der Waals surface area contributed by atoms with E-state index in [1.165, 1.54) is 19.3 Å². The lowest BCUT2D eigenvalue weighted by Gasteiger charge is -2.27. The topological polar surface area (TPSA) is 3.24 Å². The molecule has 3 unspecified atom stereocenters. The summed E-state index contributed by atoms with van der Waals surface area (Å²) >= 11 is 0. The van der Waals surface area contributed by atoms with Gasteiger partial charge in [0.05, 0.1) is 0 Å². The first kappa shape index (κ1) is 6.66. The fourth-order valence-electron chi connectivity index (χ4n) is 2.30. The molecule has 0 saturated heterocycles. The van der Waals surface area contributed by atoms with Crippen molar-refractivity contribution in [2.45, 2.75) is 31.7 Å². The maximum atomic E-state index is 2.40. The normalized spacial score (nSPS) is 45.3. The van der Waals surface area contributed by atoms with Crippen LogP contribution in [0.2, 0.25) is 0 Å². The molecule has 2 aliphatic carbocycles. The summed E-state index contributed by atoms with van der Waals surface area (Å²) in [5.41, 5.74) is 0. The predicted octanol–water partition coefficient (Wildman–Crippen LogP) is 1.74. The van der Waals surface area contributed by atoms with E-state index in [1.54, 1.807) is 6.42 Å². The van der Waals surface area contributed by atoms with E-state index in [-0.39, 0.29) is 0 Å². The smallest absolute Gasteiger partial charge is 0.00920 e. The van der Waals surface area contributed by atoms with Crippen LogP contribution in [0.25, 0.3) is 0 Å². The van der Waals surface area contributed by atoms with E-state index < -0.39 is 0 Å². The van der Waals surface area contributed by atoms with E-state index in [1.807, 2.05) is 0 Å². The van der Waals surface area contributed by atoms with Crippen LogP contribution in [0.15, 0.2) is 0 Å². The van der Waals surface area contributed by atoms with Gasteiger partial charge in [-0.2, -0.15) is 0 Å². The molecule has 3 atom stereocenters. The molecular weight excluding hydrogens is 122 g/mol. The van der Waals surface area contributed by atoms with Crippen LogP contribution in [-0.4, -0.2) is 25.0 Å². The van der Waals surface area contributed by atoms with Gasteiger partial charge >= 0.3 is 0 Å². The summed E-state index contributed by atoms with van der Waals surface area (Å²) in [6.45, 7) is 0. The Hall–Kier alpha value is -0.0400. The highest BCUT2D eigenvalue weighted by atomic mass is 15.1. The van der Waals surface area contributed by atoms with Crippen LogP contribution in [0.5, 0.6) is 0 Å². The first-order chi connectivity index (χ1) is 4.77. The lowest BCUT2D eigenvalue weighted by molar-refractivity contribution is 0.222. The molecule has 10 heavy (non-hydrogen) atoms. The Morgan fingerprint density at radius 3 is 2.40 bits per heavy atom. The highest BCUT2D eigenvalue weighted by Gasteiger charge is 2.42. The second kappa shape index (κ2) is 2.23. The van der Waals surface area contributed by atoms with Gasteiger partial charge in [-0.25, -0.2) is 0 Å². The highest BCUT2D eigenvalue weighted by molar-refractivity contribution is 4.94. The van der Waals surface area contributed by atoms with Crippen molar-refractivity contribution in [3.63, 3.8) is 0 Å². The van der Waals surface area contributed by atoms with Gasteiger partial charge in [-0.3, -0.25) is 0 Å². The van der Waals surface area contributed by atoms with Crippen molar-refractivity contribution in [1.82, 2.24) is 4.90 Å². The fraction of sp³-hybridized carbons (Fsp3) is 1.00. The monoisotopic (exact) mass is 139 g/mol. The van der Waals surface area contributed by atoms with Crippen LogP contribution < -0.4 is 0 Å². The Bertz CT molecular complexity index is 131. The molecule has 0 radical (unpaired) electrons. The molecule has 1 nitrogen and oxygen atoms in total.